The highest BCUT2D eigenvalue weighted by molar-refractivity contribution is 5.94. The second-order valence-corrected chi connectivity index (χ2v) is 5.41. The third-order valence-corrected chi connectivity index (χ3v) is 3.71. The predicted molar refractivity (Wildman–Crippen MR) is 78.6 cm³/mol. The molecule has 1 fully saturated rings. The highest BCUT2D eigenvalue weighted by atomic mass is 16.1. The molecule has 0 unspecified atom stereocenters. The summed E-state index contributed by atoms with van der Waals surface area (Å²) in [4.78, 5) is 12.1. The van der Waals surface area contributed by atoms with Crippen LogP contribution < -0.4 is 10.6 Å². The zero-order valence-corrected chi connectivity index (χ0v) is 12.0. The Labute approximate surface area is 115 Å². The van der Waals surface area contributed by atoms with Gasteiger partial charge in [-0.1, -0.05) is 18.6 Å². The quantitative estimate of drug-likeness (QED) is 0.873. The van der Waals surface area contributed by atoms with Crippen molar-refractivity contribution < 1.29 is 4.79 Å². The molecule has 3 heteroatoms. The third-order valence-electron chi connectivity index (χ3n) is 3.71. The molecule has 0 spiro atoms. The molecule has 0 radical (unpaired) electrons. The normalized spacial score (nSPS) is 16.3. The van der Waals surface area contributed by atoms with Gasteiger partial charge in [-0.05, 0) is 62.9 Å². The van der Waals surface area contributed by atoms with E-state index in [9.17, 15) is 4.79 Å². The molecule has 1 aromatic carbocycles. The molecule has 19 heavy (non-hydrogen) atoms. The van der Waals surface area contributed by atoms with Crippen molar-refractivity contribution in [2.24, 2.45) is 0 Å². The third kappa shape index (κ3) is 3.80. The van der Waals surface area contributed by atoms with E-state index >= 15 is 0 Å². The number of rotatable bonds is 4. The number of amides is 1. The van der Waals surface area contributed by atoms with Crippen LogP contribution >= 0.6 is 0 Å². The summed E-state index contributed by atoms with van der Waals surface area (Å²) >= 11 is 0. The van der Waals surface area contributed by atoms with E-state index in [0.29, 0.717) is 5.92 Å². The van der Waals surface area contributed by atoms with Gasteiger partial charge in [0.05, 0.1) is 0 Å². The van der Waals surface area contributed by atoms with Gasteiger partial charge in [0, 0.05) is 12.1 Å². The highest BCUT2D eigenvalue weighted by Gasteiger charge is 2.17. The molecular formula is C16H24N2O. The smallest absolute Gasteiger partial charge is 0.251 e. The molecule has 0 aliphatic carbocycles. The molecular weight excluding hydrogens is 236 g/mol. The number of aryl methyl sites for hydroxylation is 1. The highest BCUT2D eigenvalue weighted by Crippen LogP contribution is 2.26. The summed E-state index contributed by atoms with van der Waals surface area (Å²) in [6, 6.07) is 6.29. The Balaban J connectivity index is 2.16. The lowest BCUT2D eigenvalue weighted by Gasteiger charge is -2.23. The average Bonchev–Trinajstić information content (AvgIpc) is 2.45. The molecule has 0 aromatic heterocycles. The number of hydrogen-bond acceptors (Lipinski definition) is 2. The van der Waals surface area contributed by atoms with E-state index in [1.807, 2.05) is 6.07 Å². The SMILES string of the molecule is CCCNC(=O)c1cc(C)cc(C2CCNCC2)c1. The van der Waals surface area contributed by atoms with Crippen molar-refractivity contribution >= 4 is 5.91 Å². The van der Waals surface area contributed by atoms with Crippen molar-refractivity contribution in [1.82, 2.24) is 10.6 Å². The van der Waals surface area contributed by atoms with E-state index in [4.69, 9.17) is 0 Å². The summed E-state index contributed by atoms with van der Waals surface area (Å²) in [5.41, 5.74) is 3.31. The molecule has 1 aliphatic rings. The Morgan fingerprint density at radius 1 is 1.32 bits per heavy atom. The van der Waals surface area contributed by atoms with Gasteiger partial charge in [0.15, 0.2) is 0 Å². The van der Waals surface area contributed by atoms with Gasteiger partial charge in [-0.15, -0.1) is 0 Å². The van der Waals surface area contributed by atoms with E-state index in [0.717, 1.165) is 31.6 Å². The van der Waals surface area contributed by atoms with Crippen LogP contribution in [0.15, 0.2) is 18.2 Å². The molecule has 2 rings (SSSR count). The molecule has 1 saturated heterocycles. The first-order valence-corrected chi connectivity index (χ1v) is 7.31. The first kappa shape index (κ1) is 14.1. The molecule has 1 aliphatic heterocycles. The summed E-state index contributed by atoms with van der Waals surface area (Å²) in [7, 11) is 0. The van der Waals surface area contributed by atoms with Crippen molar-refractivity contribution in [3.05, 3.63) is 34.9 Å². The van der Waals surface area contributed by atoms with Gasteiger partial charge >= 0.3 is 0 Å². The van der Waals surface area contributed by atoms with Crippen LogP contribution in [0.2, 0.25) is 0 Å². The average molecular weight is 260 g/mol. The first-order valence-electron chi connectivity index (χ1n) is 7.31. The molecule has 1 heterocycles. The van der Waals surface area contributed by atoms with Crippen LogP contribution in [-0.2, 0) is 0 Å². The fourth-order valence-electron chi connectivity index (χ4n) is 2.68. The number of piperidine rings is 1. The summed E-state index contributed by atoms with van der Waals surface area (Å²) in [5.74, 6) is 0.652. The van der Waals surface area contributed by atoms with E-state index < -0.39 is 0 Å². The van der Waals surface area contributed by atoms with Gasteiger partial charge in [-0.2, -0.15) is 0 Å². The van der Waals surface area contributed by atoms with Gasteiger partial charge in [0.2, 0.25) is 0 Å². The lowest BCUT2D eigenvalue weighted by atomic mass is 9.88. The topological polar surface area (TPSA) is 41.1 Å². The van der Waals surface area contributed by atoms with Gasteiger partial charge in [-0.25, -0.2) is 0 Å². The molecule has 1 amide bonds. The predicted octanol–water partition coefficient (Wildman–Crippen LogP) is 2.60. The van der Waals surface area contributed by atoms with E-state index in [1.165, 1.54) is 24.0 Å². The van der Waals surface area contributed by atoms with Crippen molar-refractivity contribution in [1.29, 1.82) is 0 Å². The maximum atomic E-state index is 12.1. The van der Waals surface area contributed by atoms with Crippen molar-refractivity contribution in [3.63, 3.8) is 0 Å². The Morgan fingerprint density at radius 2 is 2.05 bits per heavy atom. The lowest BCUT2D eigenvalue weighted by Crippen LogP contribution is -2.27. The monoisotopic (exact) mass is 260 g/mol. The van der Waals surface area contributed by atoms with Crippen LogP contribution in [0.1, 0.15) is 53.6 Å². The standard InChI is InChI=1S/C16H24N2O/c1-3-6-18-16(19)15-10-12(2)9-14(11-15)13-4-7-17-8-5-13/h9-11,13,17H,3-8H2,1-2H3,(H,18,19). The fraction of sp³-hybridized carbons (Fsp3) is 0.562. The van der Waals surface area contributed by atoms with Gasteiger partial charge < -0.3 is 10.6 Å². The summed E-state index contributed by atoms with van der Waals surface area (Å²) in [6.45, 7) is 7.04. The molecule has 3 nitrogen and oxygen atoms in total. The van der Waals surface area contributed by atoms with Crippen LogP contribution in [-0.4, -0.2) is 25.5 Å². The number of hydrogen-bond donors (Lipinski definition) is 2. The zero-order chi connectivity index (χ0) is 13.7. The van der Waals surface area contributed by atoms with Gasteiger partial charge in [0.1, 0.15) is 0 Å². The molecule has 0 saturated carbocycles. The van der Waals surface area contributed by atoms with Gasteiger partial charge in [0.25, 0.3) is 5.91 Å². The minimum atomic E-state index is 0.0562. The van der Waals surface area contributed by atoms with Crippen molar-refractivity contribution in [2.75, 3.05) is 19.6 Å². The van der Waals surface area contributed by atoms with E-state index in [2.05, 4.69) is 36.6 Å². The van der Waals surface area contributed by atoms with Crippen LogP contribution in [0, 0.1) is 6.92 Å². The molecule has 0 atom stereocenters. The minimum absolute atomic E-state index is 0.0562. The summed E-state index contributed by atoms with van der Waals surface area (Å²) < 4.78 is 0. The first-order chi connectivity index (χ1) is 9.20. The van der Waals surface area contributed by atoms with Gasteiger partial charge in [-0.3, -0.25) is 4.79 Å². The van der Waals surface area contributed by atoms with Crippen LogP contribution in [0.5, 0.6) is 0 Å². The van der Waals surface area contributed by atoms with Crippen molar-refractivity contribution in [3.8, 4) is 0 Å². The van der Waals surface area contributed by atoms with Crippen LogP contribution in [0.4, 0.5) is 0 Å². The lowest BCUT2D eigenvalue weighted by molar-refractivity contribution is 0.0953. The Hall–Kier alpha value is -1.35. The van der Waals surface area contributed by atoms with E-state index in [-0.39, 0.29) is 5.91 Å². The molecule has 0 bridgehead atoms. The van der Waals surface area contributed by atoms with Crippen LogP contribution in [0.3, 0.4) is 0 Å². The summed E-state index contributed by atoms with van der Waals surface area (Å²) in [6.07, 6.45) is 3.30. The van der Waals surface area contributed by atoms with Crippen molar-refractivity contribution in [2.45, 2.75) is 39.0 Å². The summed E-state index contributed by atoms with van der Waals surface area (Å²) in [5, 5.41) is 6.34. The molecule has 1 aromatic rings. The second kappa shape index (κ2) is 6.71. The fourth-order valence-corrected chi connectivity index (χ4v) is 2.68. The Kier molecular flexibility index (Phi) is 4.97. The van der Waals surface area contributed by atoms with Crippen LogP contribution in [0.25, 0.3) is 0 Å². The zero-order valence-electron chi connectivity index (χ0n) is 12.0. The maximum Gasteiger partial charge on any atom is 0.251 e. The second-order valence-electron chi connectivity index (χ2n) is 5.41. The molecule has 104 valence electrons. The Bertz CT molecular complexity index is 436. The molecule has 2 N–H and O–H groups in total. The number of benzene rings is 1. The minimum Gasteiger partial charge on any atom is -0.352 e. The Morgan fingerprint density at radius 3 is 2.74 bits per heavy atom. The number of carbonyl (C=O) groups excluding carboxylic acids is 1. The van der Waals surface area contributed by atoms with E-state index in [1.54, 1.807) is 0 Å². The number of nitrogens with one attached hydrogen (secondary N) is 2. The largest absolute Gasteiger partial charge is 0.352 e. The maximum absolute atomic E-state index is 12.1. The number of carbonyl (C=O) groups is 1.